The van der Waals surface area contributed by atoms with E-state index in [1.54, 1.807) is 18.0 Å². The number of aryl methyl sites for hydroxylation is 1. The van der Waals surface area contributed by atoms with Crippen LogP contribution in [-0.4, -0.2) is 50.6 Å². The second kappa shape index (κ2) is 6.22. The van der Waals surface area contributed by atoms with Gasteiger partial charge in [-0.2, -0.15) is 5.10 Å². The lowest BCUT2D eigenvalue weighted by Gasteiger charge is -2.26. The third-order valence-corrected chi connectivity index (χ3v) is 4.46. The predicted octanol–water partition coefficient (Wildman–Crippen LogP) is 1.67. The summed E-state index contributed by atoms with van der Waals surface area (Å²) >= 11 is 0. The molecule has 0 radical (unpaired) electrons. The zero-order valence-electron chi connectivity index (χ0n) is 14.5. The summed E-state index contributed by atoms with van der Waals surface area (Å²) in [6.07, 6.45) is 2.49. The number of hydrogen-bond acceptors (Lipinski definition) is 4. The van der Waals surface area contributed by atoms with E-state index in [0.29, 0.717) is 24.3 Å². The van der Waals surface area contributed by atoms with Crippen LogP contribution in [0.25, 0.3) is 11.0 Å². The normalized spacial score (nSPS) is 18.8. The Morgan fingerprint density at radius 2 is 2.17 bits per heavy atom. The number of pyridine rings is 1. The molecule has 3 heterocycles. The second-order valence-corrected chi connectivity index (χ2v) is 6.54. The predicted molar refractivity (Wildman–Crippen MR) is 90.8 cm³/mol. The van der Waals surface area contributed by atoms with Gasteiger partial charge in [-0.05, 0) is 40.2 Å². The van der Waals surface area contributed by atoms with Gasteiger partial charge in [0, 0.05) is 24.5 Å². The summed E-state index contributed by atoms with van der Waals surface area (Å²) in [7, 11) is 0. The Hall–Kier alpha value is -2.44. The molecule has 1 aliphatic rings. The first kappa shape index (κ1) is 16.4. The lowest BCUT2D eigenvalue weighted by molar-refractivity contribution is -0.124. The lowest BCUT2D eigenvalue weighted by atomic mass is 10.1. The molecule has 0 aliphatic carbocycles. The molecule has 1 aliphatic heterocycles. The number of rotatable bonds is 2. The van der Waals surface area contributed by atoms with Crippen LogP contribution in [0, 0.1) is 6.92 Å². The van der Waals surface area contributed by atoms with Crippen molar-refractivity contribution < 1.29 is 9.59 Å². The molecule has 2 aromatic heterocycles. The van der Waals surface area contributed by atoms with Gasteiger partial charge in [0.25, 0.3) is 5.91 Å². The maximum atomic E-state index is 13.0. The van der Waals surface area contributed by atoms with Gasteiger partial charge in [-0.25, -0.2) is 9.67 Å². The first-order valence-electron chi connectivity index (χ1n) is 8.33. The van der Waals surface area contributed by atoms with Crippen LogP contribution in [0.3, 0.4) is 0 Å². The molecular formula is C17H23N5O2. The minimum Gasteiger partial charge on any atom is -0.354 e. The minimum atomic E-state index is -0.478. The van der Waals surface area contributed by atoms with Crippen molar-refractivity contribution >= 4 is 22.8 Å². The van der Waals surface area contributed by atoms with Gasteiger partial charge in [0.2, 0.25) is 5.91 Å². The van der Waals surface area contributed by atoms with Crippen molar-refractivity contribution in [2.45, 2.75) is 46.2 Å². The highest BCUT2D eigenvalue weighted by molar-refractivity contribution is 6.00. The van der Waals surface area contributed by atoms with Gasteiger partial charge in [0.15, 0.2) is 5.65 Å². The van der Waals surface area contributed by atoms with Crippen LogP contribution in [0.15, 0.2) is 12.3 Å². The first-order chi connectivity index (χ1) is 11.4. The summed E-state index contributed by atoms with van der Waals surface area (Å²) in [6, 6.07) is 1.56. The van der Waals surface area contributed by atoms with E-state index in [1.807, 2.05) is 31.5 Å². The molecule has 1 fully saturated rings. The molecule has 7 heteroatoms. The Kier molecular flexibility index (Phi) is 4.26. The molecule has 0 bridgehead atoms. The molecular weight excluding hydrogens is 306 g/mol. The standard InChI is InChI=1S/C17H23N5O2/c1-10(2)22-15-13(9-19-22)8-14(11(3)20-15)17(24)21-7-5-6-18-16(23)12(21)4/h8-10,12H,5-7H2,1-4H3,(H,18,23)/t12-/m0/s1. The fraction of sp³-hybridized carbons (Fsp3) is 0.529. The van der Waals surface area contributed by atoms with Gasteiger partial charge in [-0.3, -0.25) is 9.59 Å². The van der Waals surface area contributed by atoms with Crippen LogP contribution in [0.4, 0.5) is 0 Å². The van der Waals surface area contributed by atoms with Crippen LogP contribution in [0.1, 0.15) is 49.3 Å². The largest absolute Gasteiger partial charge is 0.354 e. The zero-order chi connectivity index (χ0) is 17.4. The van der Waals surface area contributed by atoms with Crippen molar-refractivity contribution in [1.82, 2.24) is 25.0 Å². The highest BCUT2D eigenvalue weighted by Crippen LogP contribution is 2.21. The molecule has 1 N–H and O–H groups in total. The van der Waals surface area contributed by atoms with E-state index in [9.17, 15) is 9.59 Å². The van der Waals surface area contributed by atoms with Crippen LogP contribution in [0.5, 0.6) is 0 Å². The molecule has 0 spiro atoms. The maximum Gasteiger partial charge on any atom is 0.256 e. The number of nitrogens with zero attached hydrogens (tertiary/aromatic N) is 4. The molecule has 2 aromatic rings. The SMILES string of the molecule is Cc1nc2c(cnn2C(C)C)cc1C(=O)N1CCCNC(=O)[C@@H]1C. The fourth-order valence-electron chi connectivity index (χ4n) is 3.04. The smallest absolute Gasteiger partial charge is 0.256 e. The van der Waals surface area contributed by atoms with Crippen LogP contribution >= 0.6 is 0 Å². The topological polar surface area (TPSA) is 80.1 Å². The van der Waals surface area contributed by atoms with E-state index >= 15 is 0 Å². The van der Waals surface area contributed by atoms with Gasteiger partial charge >= 0.3 is 0 Å². The van der Waals surface area contributed by atoms with Crippen LogP contribution in [-0.2, 0) is 4.79 Å². The van der Waals surface area contributed by atoms with E-state index in [1.165, 1.54) is 0 Å². The van der Waals surface area contributed by atoms with Crippen molar-refractivity contribution in [3.05, 3.63) is 23.5 Å². The molecule has 0 aromatic carbocycles. The van der Waals surface area contributed by atoms with Crippen molar-refractivity contribution in [3.63, 3.8) is 0 Å². The molecule has 7 nitrogen and oxygen atoms in total. The summed E-state index contributed by atoms with van der Waals surface area (Å²) < 4.78 is 1.85. The summed E-state index contributed by atoms with van der Waals surface area (Å²) in [5.41, 5.74) is 1.97. The molecule has 2 amide bonds. The first-order valence-corrected chi connectivity index (χ1v) is 8.33. The quantitative estimate of drug-likeness (QED) is 0.909. The minimum absolute atomic E-state index is 0.111. The van der Waals surface area contributed by atoms with Gasteiger partial charge in [-0.15, -0.1) is 0 Å². The summed E-state index contributed by atoms with van der Waals surface area (Å²) in [4.78, 5) is 31.2. The molecule has 128 valence electrons. The molecule has 24 heavy (non-hydrogen) atoms. The summed E-state index contributed by atoms with van der Waals surface area (Å²) in [6.45, 7) is 8.83. The number of carbonyl (C=O) groups excluding carboxylic acids is 2. The van der Waals surface area contributed by atoms with E-state index in [2.05, 4.69) is 15.4 Å². The number of carbonyl (C=O) groups is 2. The van der Waals surface area contributed by atoms with Crippen LogP contribution < -0.4 is 5.32 Å². The lowest BCUT2D eigenvalue weighted by Crippen LogP contribution is -2.45. The van der Waals surface area contributed by atoms with E-state index in [4.69, 9.17) is 0 Å². The highest BCUT2D eigenvalue weighted by Gasteiger charge is 2.29. The average Bonchev–Trinajstić information content (AvgIpc) is 2.87. The van der Waals surface area contributed by atoms with Crippen molar-refractivity contribution in [3.8, 4) is 0 Å². The van der Waals surface area contributed by atoms with E-state index < -0.39 is 6.04 Å². The number of fused-ring (bicyclic) bond motifs is 1. The van der Waals surface area contributed by atoms with Gasteiger partial charge < -0.3 is 10.2 Å². The number of aromatic nitrogens is 3. The Morgan fingerprint density at radius 1 is 1.42 bits per heavy atom. The number of nitrogens with one attached hydrogen (secondary N) is 1. The third-order valence-electron chi connectivity index (χ3n) is 4.46. The van der Waals surface area contributed by atoms with Crippen LogP contribution in [0.2, 0.25) is 0 Å². The average molecular weight is 329 g/mol. The third kappa shape index (κ3) is 2.74. The van der Waals surface area contributed by atoms with Gasteiger partial charge in [0.05, 0.1) is 17.5 Å². The molecule has 1 saturated heterocycles. The summed E-state index contributed by atoms with van der Waals surface area (Å²) in [5.74, 6) is -0.260. The maximum absolute atomic E-state index is 13.0. The Bertz CT molecular complexity index is 796. The zero-order valence-corrected chi connectivity index (χ0v) is 14.5. The molecule has 3 rings (SSSR count). The molecule has 0 unspecified atom stereocenters. The van der Waals surface area contributed by atoms with E-state index in [0.717, 1.165) is 17.5 Å². The summed E-state index contributed by atoms with van der Waals surface area (Å²) in [5, 5.41) is 8.02. The Labute approximate surface area is 141 Å². The molecule has 1 atom stereocenters. The van der Waals surface area contributed by atoms with Crippen molar-refractivity contribution in [2.24, 2.45) is 0 Å². The second-order valence-electron chi connectivity index (χ2n) is 6.54. The Balaban J connectivity index is 2.00. The van der Waals surface area contributed by atoms with E-state index in [-0.39, 0.29) is 17.9 Å². The molecule has 0 saturated carbocycles. The monoisotopic (exact) mass is 329 g/mol. The Morgan fingerprint density at radius 3 is 2.88 bits per heavy atom. The van der Waals surface area contributed by atoms with Crippen molar-refractivity contribution in [2.75, 3.05) is 13.1 Å². The van der Waals surface area contributed by atoms with Crippen molar-refractivity contribution in [1.29, 1.82) is 0 Å². The van der Waals surface area contributed by atoms with Gasteiger partial charge in [-0.1, -0.05) is 0 Å². The number of hydrogen-bond donors (Lipinski definition) is 1. The fourth-order valence-corrected chi connectivity index (χ4v) is 3.04. The van der Waals surface area contributed by atoms with Gasteiger partial charge in [0.1, 0.15) is 6.04 Å². The highest BCUT2D eigenvalue weighted by atomic mass is 16.2. The number of amides is 2.